The molecule has 0 saturated heterocycles. The highest BCUT2D eigenvalue weighted by Gasteiger charge is 2.13. The number of benzene rings is 1. The molecule has 1 aromatic rings. The highest BCUT2D eigenvalue weighted by atomic mass is 32.2. The number of anilines is 1. The third-order valence-corrected chi connectivity index (χ3v) is 3.01. The summed E-state index contributed by atoms with van der Waals surface area (Å²) >= 11 is 1.79. The number of aryl methyl sites for hydroxylation is 1. The van der Waals surface area contributed by atoms with Crippen LogP contribution in [0.25, 0.3) is 0 Å². The number of rotatable bonds is 0. The van der Waals surface area contributed by atoms with Gasteiger partial charge >= 0.3 is 0 Å². The van der Waals surface area contributed by atoms with Crippen LogP contribution in [0.15, 0.2) is 34.2 Å². The zero-order valence-electron chi connectivity index (χ0n) is 9.22. The van der Waals surface area contributed by atoms with Gasteiger partial charge in [0.05, 0.1) is 10.7 Å². The quantitative estimate of drug-likeness (QED) is 0.676. The Hall–Kier alpha value is -0.890. The van der Waals surface area contributed by atoms with Crippen LogP contribution in [0, 0.1) is 6.92 Å². The number of thioether (sulfide) groups is 1. The lowest BCUT2D eigenvalue weighted by Crippen LogP contribution is -1.87. The summed E-state index contributed by atoms with van der Waals surface area (Å²) in [5, 5.41) is 4.58. The molecule has 0 aliphatic carbocycles. The fraction of sp³-hybridized carbons (Fsp3) is 0.333. The summed E-state index contributed by atoms with van der Waals surface area (Å²) in [5.41, 5.74) is 2.55. The van der Waals surface area contributed by atoms with Gasteiger partial charge in [0.1, 0.15) is 0 Å². The minimum absolute atomic E-state index is 1.23. The van der Waals surface area contributed by atoms with E-state index in [9.17, 15) is 0 Å². The van der Waals surface area contributed by atoms with E-state index in [0.29, 0.717) is 0 Å². The van der Waals surface area contributed by atoms with Crippen molar-refractivity contribution in [2.45, 2.75) is 32.6 Å². The van der Waals surface area contributed by atoms with E-state index in [1.165, 1.54) is 21.2 Å². The Morgan fingerprint density at radius 1 is 1.29 bits per heavy atom. The third kappa shape index (κ3) is 2.32. The highest BCUT2D eigenvalue weighted by molar-refractivity contribution is 8.03. The first-order valence-corrected chi connectivity index (χ1v) is 5.83. The van der Waals surface area contributed by atoms with Crippen LogP contribution in [0.5, 0.6) is 0 Å². The molecule has 1 aliphatic rings. The SMILES string of the molecule is C/C=C1/Nc2cc(C)ccc2S1.CC. The summed E-state index contributed by atoms with van der Waals surface area (Å²) in [4.78, 5) is 1.33. The van der Waals surface area contributed by atoms with E-state index in [4.69, 9.17) is 0 Å². The number of hydrogen-bond acceptors (Lipinski definition) is 2. The fourth-order valence-corrected chi connectivity index (χ4v) is 2.11. The zero-order chi connectivity index (χ0) is 10.6. The molecule has 0 fully saturated rings. The Kier molecular flexibility index (Phi) is 4.08. The van der Waals surface area contributed by atoms with Gasteiger partial charge in [-0.15, -0.1) is 0 Å². The summed E-state index contributed by atoms with van der Waals surface area (Å²) in [5.74, 6) is 0. The lowest BCUT2D eigenvalue weighted by molar-refractivity contribution is 1.38. The molecule has 2 heteroatoms. The van der Waals surface area contributed by atoms with Gasteiger partial charge in [0, 0.05) is 4.90 Å². The average molecular weight is 207 g/mol. The molecule has 0 spiro atoms. The second-order valence-electron chi connectivity index (χ2n) is 2.88. The molecule has 0 aromatic heterocycles. The van der Waals surface area contributed by atoms with Crippen molar-refractivity contribution in [3.05, 3.63) is 34.9 Å². The van der Waals surface area contributed by atoms with E-state index in [1.807, 2.05) is 20.8 Å². The van der Waals surface area contributed by atoms with Crippen LogP contribution in [0.4, 0.5) is 5.69 Å². The van der Waals surface area contributed by atoms with E-state index in [2.05, 4.69) is 36.5 Å². The minimum atomic E-state index is 1.23. The van der Waals surface area contributed by atoms with Crippen molar-refractivity contribution >= 4 is 17.4 Å². The van der Waals surface area contributed by atoms with Crippen LogP contribution in [-0.4, -0.2) is 0 Å². The standard InChI is InChI=1S/C10H11NS.C2H6/c1-3-10-11-8-6-7(2)4-5-9(8)12-10;1-2/h3-6,11H,1-2H3;1-2H3/b10-3-;. The van der Waals surface area contributed by atoms with Crippen LogP contribution >= 0.6 is 11.8 Å². The van der Waals surface area contributed by atoms with Crippen molar-refractivity contribution in [3.63, 3.8) is 0 Å². The van der Waals surface area contributed by atoms with Crippen LogP contribution in [0.1, 0.15) is 26.3 Å². The molecule has 76 valence electrons. The Labute approximate surface area is 90.6 Å². The number of allylic oxidation sites excluding steroid dienone is 1. The van der Waals surface area contributed by atoms with Crippen LogP contribution in [0.3, 0.4) is 0 Å². The minimum Gasteiger partial charge on any atom is -0.349 e. The summed E-state index contributed by atoms with van der Waals surface area (Å²) in [6.45, 7) is 8.16. The lowest BCUT2D eigenvalue weighted by Gasteiger charge is -1.98. The molecule has 1 nitrogen and oxygen atoms in total. The van der Waals surface area contributed by atoms with E-state index in [1.54, 1.807) is 11.8 Å². The molecule has 1 heterocycles. The highest BCUT2D eigenvalue weighted by Crippen LogP contribution is 2.40. The van der Waals surface area contributed by atoms with Gasteiger partial charge in [-0.25, -0.2) is 0 Å². The Morgan fingerprint density at radius 2 is 2.00 bits per heavy atom. The summed E-state index contributed by atoms with van der Waals surface area (Å²) in [6, 6.07) is 6.49. The van der Waals surface area contributed by atoms with Gasteiger partial charge in [-0.1, -0.05) is 37.8 Å². The fourth-order valence-electron chi connectivity index (χ4n) is 1.24. The molecule has 2 rings (SSSR count). The molecule has 0 atom stereocenters. The number of nitrogens with one attached hydrogen (secondary N) is 1. The molecule has 0 bridgehead atoms. The molecule has 1 aliphatic heterocycles. The lowest BCUT2D eigenvalue weighted by atomic mass is 10.2. The first kappa shape index (κ1) is 11.2. The van der Waals surface area contributed by atoms with Gasteiger partial charge in [-0.05, 0) is 31.5 Å². The van der Waals surface area contributed by atoms with Gasteiger partial charge in [0.15, 0.2) is 0 Å². The molecule has 0 amide bonds. The van der Waals surface area contributed by atoms with Crippen molar-refractivity contribution in [2.24, 2.45) is 0 Å². The molecule has 0 saturated carbocycles. The molecule has 1 aromatic carbocycles. The van der Waals surface area contributed by atoms with Gasteiger partial charge in [-0.2, -0.15) is 0 Å². The molecular weight excluding hydrogens is 190 g/mol. The Bertz CT molecular complexity index is 342. The first-order valence-electron chi connectivity index (χ1n) is 5.01. The molecule has 1 N–H and O–H groups in total. The van der Waals surface area contributed by atoms with Gasteiger partial charge < -0.3 is 5.32 Å². The van der Waals surface area contributed by atoms with Gasteiger partial charge in [-0.3, -0.25) is 0 Å². The maximum Gasteiger partial charge on any atom is 0.0731 e. The third-order valence-electron chi connectivity index (χ3n) is 1.88. The van der Waals surface area contributed by atoms with Gasteiger partial charge in [0.2, 0.25) is 0 Å². The van der Waals surface area contributed by atoms with Crippen LogP contribution in [0.2, 0.25) is 0 Å². The summed E-state index contributed by atoms with van der Waals surface area (Å²) in [7, 11) is 0. The van der Waals surface area contributed by atoms with E-state index < -0.39 is 0 Å². The maximum atomic E-state index is 3.35. The maximum absolute atomic E-state index is 3.35. The number of hydrogen-bond donors (Lipinski definition) is 1. The van der Waals surface area contributed by atoms with Crippen molar-refractivity contribution in [1.29, 1.82) is 0 Å². The topological polar surface area (TPSA) is 12.0 Å². The van der Waals surface area contributed by atoms with E-state index in [0.717, 1.165) is 0 Å². The second-order valence-corrected chi connectivity index (χ2v) is 3.96. The second kappa shape index (κ2) is 5.11. The van der Waals surface area contributed by atoms with Crippen molar-refractivity contribution in [1.82, 2.24) is 0 Å². The molecule has 14 heavy (non-hydrogen) atoms. The normalized spacial score (nSPS) is 15.6. The molecule has 0 unspecified atom stereocenters. The van der Waals surface area contributed by atoms with Gasteiger partial charge in [0.25, 0.3) is 0 Å². The van der Waals surface area contributed by atoms with Crippen LogP contribution < -0.4 is 5.32 Å². The van der Waals surface area contributed by atoms with Crippen molar-refractivity contribution < 1.29 is 0 Å². The predicted octanol–water partition coefficient (Wildman–Crippen LogP) is 4.40. The summed E-state index contributed by atoms with van der Waals surface area (Å²) in [6.07, 6.45) is 2.10. The number of fused-ring (bicyclic) bond motifs is 1. The smallest absolute Gasteiger partial charge is 0.0731 e. The largest absolute Gasteiger partial charge is 0.349 e. The molecule has 0 radical (unpaired) electrons. The zero-order valence-corrected chi connectivity index (χ0v) is 10.0. The van der Waals surface area contributed by atoms with E-state index in [-0.39, 0.29) is 0 Å². The van der Waals surface area contributed by atoms with Crippen molar-refractivity contribution in [2.75, 3.05) is 5.32 Å². The monoisotopic (exact) mass is 207 g/mol. The summed E-state index contributed by atoms with van der Waals surface area (Å²) < 4.78 is 0. The van der Waals surface area contributed by atoms with Crippen LogP contribution in [-0.2, 0) is 0 Å². The average Bonchev–Trinajstić information content (AvgIpc) is 2.62. The first-order chi connectivity index (χ1) is 6.79. The van der Waals surface area contributed by atoms with Crippen molar-refractivity contribution in [3.8, 4) is 0 Å². The predicted molar refractivity (Wildman–Crippen MR) is 65.8 cm³/mol. The Morgan fingerprint density at radius 3 is 2.64 bits per heavy atom. The molecular formula is C12H17NS. The van der Waals surface area contributed by atoms with E-state index >= 15 is 0 Å². The Balaban J connectivity index is 0.000000461.